The fraction of sp³-hybridized carbons (Fsp3) is 0.923. The molecule has 1 aliphatic rings. The quantitative estimate of drug-likeness (QED) is 0.0328. The number of ether oxygens (including phenoxy) is 2. The summed E-state index contributed by atoms with van der Waals surface area (Å²) in [5, 5.41) is 53.9. The average molecular weight is 686 g/mol. The van der Waals surface area contributed by atoms with Crippen LogP contribution in [-0.2, 0) is 14.3 Å². The van der Waals surface area contributed by atoms with Gasteiger partial charge in [-0.25, -0.2) is 0 Å². The fourth-order valence-electron chi connectivity index (χ4n) is 6.33. The van der Waals surface area contributed by atoms with E-state index in [-0.39, 0.29) is 12.5 Å². The highest BCUT2D eigenvalue weighted by Gasteiger charge is 2.44. The van der Waals surface area contributed by atoms with Gasteiger partial charge in [-0.3, -0.25) is 4.79 Å². The van der Waals surface area contributed by atoms with Crippen LogP contribution in [0.4, 0.5) is 0 Å². The van der Waals surface area contributed by atoms with Crippen LogP contribution in [0.5, 0.6) is 0 Å². The number of hydrogen-bond donors (Lipinski definition) is 6. The molecule has 284 valence electrons. The van der Waals surface area contributed by atoms with Crippen molar-refractivity contribution in [2.24, 2.45) is 0 Å². The maximum absolute atomic E-state index is 12.8. The summed E-state index contributed by atoms with van der Waals surface area (Å²) >= 11 is 0. The summed E-state index contributed by atoms with van der Waals surface area (Å²) in [4.78, 5) is 12.8. The monoisotopic (exact) mass is 686 g/mol. The van der Waals surface area contributed by atoms with Gasteiger partial charge in [-0.15, -0.1) is 0 Å². The van der Waals surface area contributed by atoms with E-state index in [2.05, 4.69) is 19.2 Å². The van der Waals surface area contributed by atoms with E-state index < -0.39 is 49.5 Å². The Morgan fingerprint density at radius 1 is 0.688 bits per heavy atom. The minimum atomic E-state index is -1.56. The Kier molecular flexibility index (Phi) is 28.8. The van der Waals surface area contributed by atoms with Gasteiger partial charge in [0.25, 0.3) is 0 Å². The third kappa shape index (κ3) is 21.9. The smallest absolute Gasteiger partial charge is 0.220 e. The van der Waals surface area contributed by atoms with Crippen molar-refractivity contribution in [2.75, 3.05) is 13.2 Å². The second kappa shape index (κ2) is 30.7. The molecule has 1 amide bonds. The number of nitrogens with one attached hydrogen (secondary N) is 1. The number of allylic oxidation sites excluding steroid dienone is 1. The normalized spacial score (nSPS) is 22.7. The highest BCUT2D eigenvalue weighted by atomic mass is 16.7. The lowest BCUT2D eigenvalue weighted by atomic mass is 9.99. The molecule has 6 N–H and O–H groups in total. The third-order valence-corrected chi connectivity index (χ3v) is 9.61. The molecule has 48 heavy (non-hydrogen) atoms. The summed E-state index contributed by atoms with van der Waals surface area (Å²) in [6, 6.07) is -0.796. The number of rotatable bonds is 32. The minimum absolute atomic E-state index is 0.179. The van der Waals surface area contributed by atoms with Crippen LogP contribution in [0.1, 0.15) is 174 Å². The number of carbonyl (C=O) groups is 1. The fourth-order valence-corrected chi connectivity index (χ4v) is 6.33. The number of aliphatic hydroxyl groups excluding tert-OH is 5. The van der Waals surface area contributed by atoms with E-state index in [0.717, 1.165) is 38.5 Å². The SMILES string of the molecule is CCCCCCCCCCCCCC/C=C/C(O)C(COC1OC(CO)C(O)C(O)C1O)NC(=O)CCCCCCCCCCCCC. The maximum Gasteiger partial charge on any atom is 0.220 e. The molecule has 7 unspecified atom stereocenters. The van der Waals surface area contributed by atoms with E-state index in [4.69, 9.17) is 9.47 Å². The first-order valence-electron chi connectivity index (χ1n) is 19.9. The highest BCUT2D eigenvalue weighted by molar-refractivity contribution is 5.76. The molecule has 0 aromatic carbocycles. The van der Waals surface area contributed by atoms with Gasteiger partial charge in [-0.2, -0.15) is 0 Å². The van der Waals surface area contributed by atoms with Gasteiger partial charge in [-0.1, -0.05) is 161 Å². The van der Waals surface area contributed by atoms with Crippen LogP contribution in [0.3, 0.4) is 0 Å². The van der Waals surface area contributed by atoms with Gasteiger partial charge in [-0.05, 0) is 19.3 Å². The van der Waals surface area contributed by atoms with Crippen molar-refractivity contribution in [3.05, 3.63) is 12.2 Å². The Balaban J connectivity index is 2.44. The zero-order valence-electron chi connectivity index (χ0n) is 30.7. The van der Waals surface area contributed by atoms with Gasteiger partial charge < -0.3 is 40.3 Å². The molecule has 0 aromatic heterocycles. The van der Waals surface area contributed by atoms with Gasteiger partial charge in [0.15, 0.2) is 6.29 Å². The van der Waals surface area contributed by atoms with E-state index in [1.54, 1.807) is 6.08 Å². The molecule has 1 heterocycles. The van der Waals surface area contributed by atoms with Crippen molar-refractivity contribution in [3.63, 3.8) is 0 Å². The number of hydrogen-bond acceptors (Lipinski definition) is 8. The molecule has 0 radical (unpaired) electrons. The van der Waals surface area contributed by atoms with Crippen molar-refractivity contribution in [3.8, 4) is 0 Å². The molecule has 1 saturated heterocycles. The summed E-state index contributed by atoms with van der Waals surface area (Å²) in [5.74, 6) is -0.179. The number of carbonyl (C=O) groups excluding carboxylic acids is 1. The molecule has 0 bridgehead atoms. The maximum atomic E-state index is 12.8. The molecule has 0 aromatic rings. The number of amides is 1. The lowest BCUT2D eigenvalue weighted by Gasteiger charge is -2.40. The van der Waals surface area contributed by atoms with Crippen molar-refractivity contribution in [1.29, 1.82) is 0 Å². The molecule has 0 spiro atoms. The van der Waals surface area contributed by atoms with Crippen LogP contribution in [0.25, 0.3) is 0 Å². The molecule has 9 heteroatoms. The Morgan fingerprint density at radius 3 is 1.62 bits per heavy atom. The molecule has 9 nitrogen and oxygen atoms in total. The largest absolute Gasteiger partial charge is 0.394 e. The molecule has 1 rings (SSSR count). The van der Waals surface area contributed by atoms with Crippen LogP contribution in [0.2, 0.25) is 0 Å². The van der Waals surface area contributed by atoms with Crippen molar-refractivity contribution < 1.29 is 39.8 Å². The summed E-state index contributed by atoms with van der Waals surface area (Å²) in [7, 11) is 0. The van der Waals surface area contributed by atoms with E-state index in [9.17, 15) is 30.3 Å². The molecular formula is C39H75NO8. The van der Waals surface area contributed by atoms with Gasteiger partial charge >= 0.3 is 0 Å². The second-order valence-corrected chi connectivity index (χ2v) is 14.1. The topological polar surface area (TPSA) is 149 Å². The average Bonchev–Trinajstić information content (AvgIpc) is 3.08. The van der Waals surface area contributed by atoms with Crippen LogP contribution in [0, 0.1) is 0 Å². The van der Waals surface area contributed by atoms with E-state index in [0.29, 0.717) is 6.42 Å². The lowest BCUT2D eigenvalue weighted by molar-refractivity contribution is -0.302. The Hall–Kier alpha value is -1.07. The van der Waals surface area contributed by atoms with Crippen molar-refractivity contribution in [2.45, 2.75) is 217 Å². The molecule has 0 aliphatic carbocycles. The zero-order valence-corrected chi connectivity index (χ0v) is 30.7. The Labute approximate surface area is 293 Å². The summed E-state index contributed by atoms with van der Waals surface area (Å²) in [5.41, 5.74) is 0. The predicted octanol–water partition coefficient (Wildman–Crippen LogP) is 7.00. The van der Waals surface area contributed by atoms with Gasteiger partial charge in [0, 0.05) is 6.42 Å². The van der Waals surface area contributed by atoms with Crippen LogP contribution in [-0.4, -0.2) is 87.5 Å². The Morgan fingerprint density at radius 2 is 1.15 bits per heavy atom. The van der Waals surface area contributed by atoms with E-state index in [1.807, 2.05) is 6.08 Å². The van der Waals surface area contributed by atoms with E-state index in [1.165, 1.54) is 116 Å². The van der Waals surface area contributed by atoms with Gasteiger partial charge in [0.05, 0.1) is 25.4 Å². The number of unbranched alkanes of at least 4 members (excludes halogenated alkanes) is 22. The number of aliphatic hydroxyl groups is 5. The van der Waals surface area contributed by atoms with Gasteiger partial charge in [0.1, 0.15) is 24.4 Å². The van der Waals surface area contributed by atoms with Crippen LogP contribution >= 0.6 is 0 Å². The second-order valence-electron chi connectivity index (χ2n) is 14.1. The summed E-state index contributed by atoms with van der Waals surface area (Å²) < 4.78 is 11.2. The minimum Gasteiger partial charge on any atom is -0.394 e. The molecular weight excluding hydrogens is 610 g/mol. The highest BCUT2D eigenvalue weighted by Crippen LogP contribution is 2.22. The van der Waals surface area contributed by atoms with Crippen molar-refractivity contribution >= 4 is 5.91 Å². The molecule has 1 aliphatic heterocycles. The van der Waals surface area contributed by atoms with Crippen LogP contribution < -0.4 is 5.32 Å². The third-order valence-electron chi connectivity index (χ3n) is 9.61. The molecule has 7 atom stereocenters. The standard InChI is InChI=1S/C39H75NO8/c1-3-5-7-9-11-13-15-16-17-19-20-22-24-26-28-33(42)32(31-47-39-38(46)37(45)36(44)34(30-41)48-39)40-35(43)29-27-25-23-21-18-14-12-10-8-6-4-2/h26,28,32-34,36-39,41-42,44-46H,3-25,27,29-31H2,1-2H3,(H,40,43)/b28-26+. The van der Waals surface area contributed by atoms with E-state index >= 15 is 0 Å². The summed E-state index contributed by atoms with van der Waals surface area (Å²) in [6.45, 7) is 3.74. The first-order chi connectivity index (χ1) is 23.3. The first-order valence-corrected chi connectivity index (χ1v) is 19.9. The molecule has 0 saturated carbocycles. The van der Waals surface area contributed by atoms with Gasteiger partial charge in [0.2, 0.25) is 5.91 Å². The van der Waals surface area contributed by atoms with Crippen molar-refractivity contribution in [1.82, 2.24) is 5.32 Å². The molecule has 1 fully saturated rings. The zero-order chi connectivity index (χ0) is 35.2. The predicted molar refractivity (Wildman–Crippen MR) is 194 cm³/mol. The lowest BCUT2D eigenvalue weighted by Crippen LogP contribution is -2.60. The van der Waals surface area contributed by atoms with Crippen LogP contribution in [0.15, 0.2) is 12.2 Å². The summed E-state index contributed by atoms with van der Waals surface area (Å²) in [6.07, 6.45) is 25.3. The Bertz CT molecular complexity index is 766. The first kappa shape index (κ1) is 45.0.